The van der Waals surface area contributed by atoms with E-state index in [4.69, 9.17) is 21.1 Å². The van der Waals surface area contributed by atoms with Gasteiger partial charge in [-0.05, 0) is 43.7 Å². The molecule has 6 nitrogen and oxygen atoms in total. The molecular formula is C23H27ClN2O4. The van der Waals surface area contributed by atoms with Crippen molar-refractivity contribution in [1.29, 1.82) is 0 Å². The van der Waals surface area contributed by atoms with Crippen LogP contribution in [0.1, 0.15) is 28.8 Å². The number of carbonyl (C=O) groups is 2. The lowest BCUT2D eigenvalue weighted by atomic mass is 10.1. The van der Waals surface area contributed by atoms with Crippen molar-refractivity contribution in [3.63, 3.8) is 0 Å². The number of aryl methyl sites for hydroxylation is 1. The summed E-state index contributed by atoms with van der Waals surface area (Å²) in [6, 6.07) is 12.9. The van der Waals surface area contributed by atoms with E-state index in [0.29, 0.717) is 62.0 Å². The molecule has 30 heavy (non-hydrogen) atoms. The van der Waals surface area contributed by atoms with Gasteiger partial charge in [-0.2, -0.15) is 0 Å². The lowest BCUT2D eigenvalue weighted by molar-refractivity contribution is -0.132. The highest BCUT2D eigenvalue weighted by Gasteiger charge is 2.26. The summed E-state index contributed by atoms with van der Waals surface area (Å²) in [5.74, 6) is 1.27. The van der Waals surface area contributed by atoms with Crippen LogP contribution in [0.5, 0.6) is 11.5 Å². The van der Waals surface area contributed by atoms with Crippen molar-refractivity contribution in [1.82, 2.24) is 9.80 Å². The third-order valence-electron chi connectivity index (χ3n) is 5.14. The number of ether oxygens (including phenoxy) is 2. The summed E-state index contributed by atoms with van der Waals surface area (Å²) in [5, 5.41) is 0.487. The highest BCUT2D eigenvalue weighted by Crippen LogP contribution is 2.24. The minimum Gasteiger partial charge on any atom is -0.496 e. The average Bonchev–Trinajstić information content (AvgIpc) is 2.77. The summed E-state index contributed by atoms with van der Waals surface area (Å²) >= 11 is 6.04. The monoisotopic (exact) mass is 430 g/mol. The number of hydrogen-bond acceptors (Lipinski definition) is 4. The quantitative estimate of drug-likeness (QED) is 0.627. The first kappa shape index (κ1) is 22.0. The molecule has 0 aromatic heterocycles. The molecular weight excluding hydrogens is 404 g/mol. The summed E-state index contributed by atoms with van der Waals surface area (Å²) in [7, 11) is 1.53. The highest BCUT2D eigenvalue weighted by molar-refractivity contribution is 6.31. The fourth-order valence-electron chi connectivity index (χ4n) is 3.38. The maximum Gasteiger partial charge on any atom is 0.257 e. The molecule has 7 heteroatoms. The van der Waals surface area contributed by atoms with Gasteiger partial charge in [0, 0.05) is 37.6 Å². The van der Waals surface area contributed by atoms with Crippen molar-refractivity contribution >= 4 is 23.4 Å². The van der Waals surface area contributed by atoms with Crippen molar-refractivity contribution in [2.24, 2.45) is 0 Å². The molecule has 0 unspecified atom stereocenters. The van der Waals surface area contributed by atoms with Crippen LogP contribution in [0, 0.1) is 6.92 Å². The van der Waals surface area contributed by atoms with E-state index in [1.165, 1.54) is 12.7 Å². The van der Waals surface area contributed by atoms with Crippen LogP contribution in [0.15, 0.2) is 42.5 Å². The number of rotatable bonds is 7. The van der Waals surface area contributed by atoms with E-state index in [9.17, 15) is 9.59 Å². The Kier molecular flexibility index (Phi) is 7.57. The van der Waals surface area contributed by atoms with E-state index in [1.807, 2.05) is 36.1 Å². The van der Waals surface area contributed by atoms with Gasteiger partial charge in [0.25, 0.3) is 5.91 Å². The molecule has 2 amide bonds. The van der Waals surface area contributed by atoms with Crippen molar-refractivity contribution in [3.8, 4) is 11.5 Å². The van der Waals surface area contributed by atoms with E-state index >= 15 is 0 Å². The zero-order chi connectivity index (χ0) is 21.5. The first-order valence-corrected chi connectivity index (χ1v) is 10.5. The molecule has 0 bridgehead atoms. The minimum atomic E-state index is -0.132. The van der Waals surface area contributed by atoms with Gasteiger partial charge in [0.15, 0.2) is 0 Å². The number of carbonyl (C=O) groups excluding carboxylic acids is 2. The average molecular weight is 431 g/mol. The summed E-state index contributed by atoms with van der Waals surface area (Å²) < 4.78 is 11.0. The van der Waals surface area contributed by atoms with Crippen molar-refractivity contribution in [2.45, 2.75) is 19.8 Å². The Labute approximate surface area is 182 Å². The van der Waals surface area contributed by atoms with Crippen molar-refractivity contribution in [3.05, 3.63) is 58.6 Å². The molecule has 1 fully saturated rings. The summed E-state index contributed by atoms with van der Waals surface area (Å²) in [5.41, 5.74) is 1.63. The van der Waals surface area contributed by atoms with Crippen LogP contribution < -0.4 is 9.47 Å². The summed E-state index contributed by atoms with van der Waals surface area (Å²) in [4.78, 5) is 28.9. The molecule has 160 valence electrons. The number of hydrogen-bond donors (Lipinski definition) is 0. The molecule has 0 spiro atoms. The lowest BCUT2D eigenvalue weighted by Gasteiger charge is -2.35. The van der Waals surface area contributed by atoms with Gasteiger partial charge in [-0.25, -0.2) is 0 Å². The summed E-state index contributed by atoms with van der Waals surface area (Å²) in [6.07, 6.45) is 1.09. The zero-order valence-corrected chi connectivity index (χ0v) is 18.2. The normalized spacial score (nSPS) is 13.8. The number of amides is 2. The topological polar surface area (TPSA) is 59.1 Å². The number of piperazine rings is 1. The maximum absolute atomic E-state index is 12.8. The Morgan fingerprint density at radius 1 is 1.00 bits per heavy atom. The van der Waals surface area contributed by atoms with Crippen LogP contribution in [0.3, 0.4) is 0 Å². The standard InChI is InChI=1S/C23H27ClN2O4/c1-17-5-8-19(9-6-17)30-15-3-4-22(27)25-11-13-26(14-12-25)23(28)20-16-18(24)7-10-21(20)29-2/h5-10,16H,3-4,11-15H2,1-2H3. The smallest absolute Gasteiger partial charge is 0.257 e. The number of benzene rings is 2. The second-order valence-corrected chi connectivity index (χ2v) is 7.72. The first-order valence-electron chi connectivity index (χ1n) is 10.1. The van der Waals surface area contributed by atoms with Gasteiger partial charge >= 0.3 is 0 Å². The largest absolute Gasteiger partial charge is 0.496 e. The van der Waals surface area contributed by atoms with Crippen LogP contribution in [-0.4, -0.2) is 61.5 Å². The predicted molar refractivity (Wildman–Crippen MR) is 116 cm³/mol. The fraction of sp³-hybridized carbons (Fsp3) is 0.391. The van der Waals surface area contributed by atoms with Crippen molar-refractivity contribution in [2.75, 3.05) is 39.9 Å². The zero-order valence-electron chi connectivity index (χ0n) is 17.4. The van der Waals surface area contributed by atoms with Crippen LogP contribution in [0.2, 0.25) is 5.02 Å². The van der Waals surface area contributed by atoms with Crippen LogP contribution >= 0.6 is 11.6 Å². The Bertz CT molecular complexity index is 877. The Hall–Kier alpha value is -2.73. The molecule has 1 heterocycles. The minimum absolute atomic E-state index is 0.0925. The van der Waals surface area contributed by atoms with Crippen LogP contribution in [-0.2, 0) is 4.79 Å². The molecule has 0 atom stereocenters. The number of halogens is 1. The fourth-order valence-corrected chi connectivity index (χ4v) is 3.55. The molecule has 2 aromatic carbocycles. The van der Waals surface area contributed by atoms with Crippen LogP contribution in [0.25, 0.3) is 0 Å². The molecule has 0 saturated carbocycles. The van der Waals surface area contributed by atoms with Gasteiger partial charge < -0.3 is 19.3 Å². The third kappa shape index (κ3) is 5.66. The van der Waals surface area contributed by atoms with E-state index in [-0.39, 0.29) is 11.8 Å². The first-order chi connectivity index (χ1) is 14.5. The molecule has 1 aliphatic rings. The number of nitrogens with zero attached hydrogens (tertiary/aromatic N) is 2. The van der Waals surface area contributed by atoms with E-state index < -0.39 is 0 Å². The van der Waals surface area contributed by atoms with Gasteiger partial charge in [0.05, 0.1) is 19.3 Å². The second kappa shape index (κ2) is 10.3. The molecule has 0 aliphatic carbocycles. The molecule has 0 N–H and O–H groups in total. The third-order valence-corrected chi connectivity index (χ3v) is 5.37. The van der Waals surface area contributed by atoms with Gasteiger partial charge in [0.2, 0.25) is 5.91 Å². The van der Waals surface area contributed by atoms with E-state index in [0.717, 1.165) is 5.75 Å². The highest BCUT2D eigenvalue weighted by atomic mass is 35.5. The lowest BCUT2D eigenvalue weighted by Crippen LogP contribution is -2.50. The second-order valence-electron chi connectivity index (χ2n) is 7.28. The van der Waals surface area contributed by atoms with E-state index in [2.05, 4.69) is 0 Å². The van der Waals surface area contributed by atoms with Gasteiger partial charge in [0.1, 0.15) is 11.5 Å². The molecule has 3 rings (SSSR count). The van der Waals surface area contributed by atoms with Gasteiger partial charge in [-0.3, -0.25) is 9.59 Å². The summed E-state index contributed by atoms with van der Waals surface area (Å²) in [6.45, 7) is 4.54. The molecule has 1 saturated heterocycles. The Balaban J connectivity index is 1.43. The van der Waals surface area contributed by atoms with Crippen LogP contribution in [0.4, 0.5) is 0 Å². The SMILES string of the molecule is COc1ccc(Cl)cc1C(=O)N1CCN(C(=O)CCCOc2ccc(C)cc2)CC1. The van der Waals surface area contributed by atoms with E-state index in [1.54, 1.807) is 23.1 Å². The molecule has 1 aliphatic heterocycles. The Morgan fingerprint density at radius 2 is 1.67 bits per heavy atom. The van der Waals surface area contributed by atoms with Gasteiger partial charge in [-0.15, -0.1) is 0 Å². The molecule has 2 aromatic rings. The number of methoxy groups -OCH3 is 1. The Morgan fingerprint density at radius 3 is 2.33 bits per heavy atom. The van der Waals surface area contributed by atoms with Crippen molar-refractivity contribution < 1.29 is 19.1 Å². The maximum atomic E-state index is 12.8. The molecule has 0 radical (unpaired) electrons. The predicted octanol–water partition coefficient (Wildman–Crippen LogP) is 3.80. The van der Waals surface area contributed by atoms with Gasteiger partial charge in [-0.1, -0.05) is 29.3 Å².